The normalized spacial score (nSPS) is 22.1. The third kappa shape index (κ3) is 3.45. The van der Waals surface area contributed by atoms with Crippen molar-refractivity contribution < 1.29 is 9.59 Å². The minimum atomic E-state index is 0.136. The molecule has 5 nitrogen and oxygen atoms in total. The molecule has 0 aromatic rings. The lowest BCUT2D eigenvalue weighted by molar-refractivity contribution is -0.134. The summed E-state index contributed by atoms with van der Waals surface area (Å²) in [6.45, 7) is 7.11. The van der Waals surface area contributed by atoms with Crippen molar-refractivity contribution in [3.8, 4) is 0 Å². The van der Waals surface area contributed by atoms with Gasteiger partial charge in [0, 0.05) is 46.2 Å². The average molecular weight is 253 g/mol. The maximum absolute atomic E-state index is 12.1. The molecule has 2 saturated heterocycles. The Balaban J connectivity index is 1.73. The zero-order chi connectivity index (χ0) is 13.0. The van der Waals surface area contributed by atoms with Gasteiger partial charge in [-0.3, -0.25) is 14.5 Å². The van der Waals surface area contributed by atoms with E-state index in [2.05, 4.69) is 4.90 Å². The number of rotatable bonds is 2. The highest BCUT2D eigenvalue weighted by Gasteiger charge is 2.23. The van der Waals surface area contributed by atoms with Crippen LogP contribution in [0.5, 0.6) is 0 Å². The molecule has 0 aromatic heterocycles. The Kier molecular flexibility index (Phi) is 4.58. The van der Waals surface area contributed by atoms with E-state index < -0.39 is 0 Å². The first-order chi connectivity index (χ1) is 8.66. The van der Waals surface area contributed by atoms with Crippen molar-refractivity contribution in [2.24, 2.45) is 0 Å². The summed E-state index contributed by atoms with van der Waals surface area (Å²) >= 11 is 0. The van der Waals surface area contributed by atoms with Gasteiger partial charge in [-0.05, 0) is 19.3 Å². The molecule has 5 heteroatoms. The van der Waals surface area contributed by atoms with Crippen LogP contribution in [0, 0.1) is 0 Å². The zero-order valence-corrected chi connectivity index (χ0v) is 11.2. The van der Waals surface area contributed by atoms with E-state index in [1.807, 2.05) is 9.80 Å². The van der Waals surface area contributed by atoms with E-state index >= 15 is 0 Å². The van der Waals surface area contributed by atoms with E-state index in [-0.39, 0.29) is 11.8 Å². The van der Waals surface area contributed by atoms with Crippen LogP contribution < -0.4 is 0 Å². The second kappa shape index (κ2) is 6.18. The molecular formula is C13H23N3O2. The fraction of sp³-hybridized carbons (Fsp3) is 0.846. The summed E-state index contributed by atoms with van der Waals surface area (Å²) in [5.41, 5.74) is 0. The number of carbonyl (C=O) groups is 2. The monoisotopic (exact) mass is 253 g/mol. The molecule has 0 N–H and O–H groups in total. The van der Waals surface area contributed by atoms with E-state index in [9.17, 15) is 9.59 Å². The minimum Gasteiger partial charge on any atom is -0.342 e. The first kappa shape index (κ1) is 13.3. The number of amides is 2. The molecule has 0 spiro atoms. The summed E-state index contributed by atoms with van der Waals surface area (Å²) in [4.78, 5) is 29.3. The van der Waals surface area contributed by atoms with E-state index in [0.29, 0.717) is 6.54 Å². The largest absolute Gasteiger partial charge is 0.342 e. The average Bonchev–Trinajstić information content (AvgIpc) is 2.40. The summed E-state index contributed by atoms with van der Waals surface area (Å²) < 4.78 is 0. The van der Waals surface area contributed by atoms with Crippen LogP contribution in [0.2, 0.25) is 0 Å². The third-order valence-electron chi connectivity index (χ3n) is 3.89. The lowest BCUT2D eigenvalue weighted by atomic mass is 10.1. The number of piperazine rings is 1. The van der Waals surface area contributed by atoms with E-state index in [1.54, 1.807) is 6.92 Å². The van der Waals surface area contributed by atoms with Gasteiger partial charge in [0.05, 0.1) is 6.54 Å². The maximum atomic E-state index is 12.1. The summed E-state index contributed by atoms with van der Waals surface area (Å²) in [5, 5.41) is 0. The van der Waals surface area contributed by atoms with Crippen molar-refractivity contribution in [1.82, 2.24) is 14.7 Å². The number of hydrogen-bond acceptors (Lipinski definition) is 3. The Labute approximate surface area is 109 Å². The van der Waals surface area contributed by atoms with Crippen LogP contribution >= 0.6 is 0 Å². The van der Waals surface area contributed by atoms with Gasteiger partial charge in [-0.1, -0.05) is 0 Å². The highest BCUT2D eigenvalue weighted by Crippen LogP contribution is 2.10. The Morgan fingerprint density at radius 3 is 2.00 bits per heavy atom. The van der Waals surface area contributed by atoms with Crippen molar-refractivity contribution in [2.45, 2.75) is 26.2 Å². The van der Waals surface area contributed by atoms with Gasteiger partial charge in [-0.25, -0.2) is 0 Å². The van der Waals surface area contributed by atoms with Crippen LogP contribution in [0.15, 0.2) is 0 Å². The molecule has 0 radical (unpaired) electrons. The Hall–Kier alpha value is -1.10. The number of piperidine rings is 1. The molecule has 2 aliphatic rings. The predicted octanol–water partition coefficient (Wildman–Crippen LogP) is 0.163. The second-order valence-corrected chi connectivity index (χ2v) is 5.22. The SMILES string of the molecule is CC(=O)N1CCN(CC(=O)N2CCCCC2)CC1. The van der Waals surface area contributed by atoms with E-state index in [1.165, 1.54) is 6.42 Å². The molecule has 0 aliphatic carbocycles. The van der Waals surface area contributed by atoms with Crippen LogP contribution in [0.3, 0.4) is 0 Å². The fourth-order valence-electron chi connectivity index (χ4n) is 2.66. The van der Waals surface area contributed by atoms with Gasteiger partial charge in [0.2, 0.25) is 11.8 Å². The van der Waals surface area contributed by atoms with Crippen LogP contribution in [0.1, 0.15) is 26.2 Å². The van der Waals surface area contributed by atoms with Gasteiger partial charge < -0.3 is 9.80 Å². The molecule has 2 fully saturated rings. The summed E-state index contributed by atoms with van der Waals surface area (Å²) in [7, 11) is 0. The highest BCUT2D eigenvalue weighted by atomic mass is 16.2. The standard InChI is InChI=1S/C13H23N3O2/c1-12(17)15-9-7-14(8-10-15)11-13(18)16-5-3-2-4-6-16/h2-11H2,1H3. The quantitative estimate of drug-likeness (QED) is 0.704. The van der Waals surface area contributed by atoms with Gasteiger partial charge in [0.25, 0.3) is 0 Å². The Morgan fingerprint density at radius 2 is 1.44 bits per heavy atom. The molecule has 102 valence electrons. The summed E-state index contributed by atoms with van der Waals surface area (Å²) in [5.74, 6) is 0.392. The van der Waals surface area contributed by atoms with Crippen LogP contribution in [-0.4, -0.2) is 72.3 Å². The van der Waals surface area contributed by atoms with Gasteiger partial charge in [0.15, 0.2) is 0 Å². The summed E-state index contributed by atoms with van der Waals surface area (Å²) in [6.07, 6.45) is 3.54. The van der Waals surface area contributed by atoms with Crippen LogP contribution in [0.4, 0.5) is 0 Å². The van der Waals surface area contributed by atoms with Gasteiger partial charge >= 0.3 is 0 Å². The molecule has 18 heavy (non-hydrogen) atoms. The number of likely N-dealkylation sites (tertiary alicyclic amines) is 1. The molecule has 0 atom stereocenters. The molecule has 2 rings (SSSR count). The van der Waals surface area contributed by atoms with Crippen LogP contribution in [-0.2, 0) is 9.59 Å². The molecule has 2 aliphatic heterocycles. The van der Waals surface area contributed by atoms with E-state index in [4.69, 9.17) is 0 Å². The third-order valence-corrected chi connectivity index (χ3v) is 3.89. The molecule has 0 bridgehead atoms. The van der Waals surface area contributed by atoms with Crippen molar-refractivity contribution in [3.05, 3.63) is 0 Å². The molecule has 2 heterocycles. The fourth-order valence-corrected chi connectivity index (χ4v) is 2.66. The molecular weight excluding hydrogens is 230 g/mol. The molecule has 0 aromatic carbocycles. The molecule has 0 saturated carbocycles. The van der Waals surface area contributed by atoms with Crippen LogP contribution in [0.25, 0.3) is 0 Å². The smallest absolute Gasteiger partial charge is 0.236 e. The molecule has 0 unspecified atom stereocenters. The topological polar surface area (TPSA) is 43.9 Å². The predicted molar refractivity (Wildman–Crippen MR) is 69.1 cm³/mol. The first-order valence-corrected chi connectivity index (χ1v) is 6.92. The second-order valence-electron chi connectivity index (χ2n) is 5.22. The number of nitrogens with zero attached hydrogens (tertiary/aromatic N) is 3. The minimum absolute atomic E-state index is 0.136. The van der Waals surface area contributed by atoms with Crippen molar-refractivity contribution in [1.29, 1.82) is 0 Å². The first-order valence-electron chi connectivity index (χ1n) is 6.92. The lowest BCUT2D eigenvalue weighted by Crippen LogP contribution is -2.51. The number of hydrogen-bond donors (Lipinski definition) is 0. The maximum Gasteiger partial charge on any atom is 0.236 e. The van der Waals surface area contributed by atoms with Crippen molar-refractivity contribution in [2.75, 3.05) is 45.8 Å². The van der Waals surface area contributed by atoms with Gasteiger partial charge in [0.1, 0.15) is 0 Å². The van der Waals surface area contributed by atoms with E-state index in [0.717, 1.165) is 52.1 Å². The highest BCUT2D eigenvalue weighted by molar-refractivity contribution is 5.78. The zero-order valence-electron chi connectivity index (χ0n) is 11.2. The van der Waals surface area contributed by atoms with Crippen molar-refractivity contribution in [3.63, 3.8) is 0 Å². The Bertz CT molecular complexity index is 305. The van der Waals surface area contributed by atoms with Gasteiger partial charge in [-0.15, -0.1) is 0 Å². The van der Waals surface area contributed by atoms with Crippen molar-refractivity contribution >= 4 is 11.8 Å². The van der Waals surface area contributed by atoms with Gasteiger partial charge in [-0.2, -0.15) is 0 Å². The Morgan fingerprint density at radius 1 is 0.833 bits per heavy atom. The lowest BCUT2D eigenvalue weighted by Gasteiger charge is -2.35. The summed E-state index contributed by atoms with van der Waals surface area (Å²) in [6, 6.07) is 0. The molecule has 2 amide bonds. The number of carbonyl (C=O) groups excluding carboxylic acids is 2.